The average Bonchev–Trinajstić information content (AvgIpc) is 2.60. The normalized spacial score (nSPS) is 21.3. The summed E-state index contributed by atoms with van der Waals surface area (Å²) in [6.45, 7) is 1.78. The van der Waals surface area contributed by atoms with Gasteiger partial charge in [-0.3, -0.25) is 4.79 Å². The Hall–Kier alpha value is -1.71. The highest BCUT2D eigenvalue weighted by Gasteiger charge is 2.31. The maximum absolute atomic E-state index is 11.3. The van der Waals surface area contributed by atoms with E-state index < -0.39 is 17.8 Å². The Kier molecular flexibility index (Phi) is 3.55. The van der Waals surface area contributed by atoms with Crippen LogP contribution in [0.1, 0.15) is 6.92 Å². The highest BCUT2D eigenvalue weighted by Crippen LogP contribution is 2.30. The van der Waals surface area contributed by atoms with Crippen LogP contribution >= 0.6 is 0 Å². The summed E-state index contributed by atoms with van der Waals surface area (Å²) >= 11 is 0. The Morgan fingerprint density at radius 1 is 1.47 bits per heavy atom. The summed E-state index contributed by atoms with van der Waals surface area (Å²) in [6, 6.07) is 0. The van der Waals surface area contributed by atoms with Crippen LogP contribution in [-0.4, -0.2) is 25.7 Å². The van der Waals surface area contributed by atoms with Gasteiger partial charge >= 0.3 is 5.97 Å². The SMILES string of the molecule is COC(=O)C(C=O)C1=CC=C(C)C1C=O. The number of esters is 1. The van der Waals surface area contributed by atoms with Gasteiger partial charge in [0.2, 0.25) is 0 Å². The van der Waals surface area contributed by atoms with Gasteiger partial charge in [0.05, 0.1) is 13.0 Å². The van der Waals surface area contributed by atoms with Crippen LogP contribution in [0.3, 0.4) is 0 Å². The molecular formula is C11H12O4. The van der Waals surface area contributed by atoms with Gasteiger partial charge in [-0.1, -0.05) is 17.7 Å². The van der Waals surface area contributed by atoms with Crippen molar-refractivity contribution in [2.24, 2.45) is 11.8 Å². The van der Waals surface area contributed by atoms with Crippen LogP contribution in [0.15, 0.2) is 23.3 Å². The first kappa shape index (κ1) is 11.4. The fraction of sp³-hybridized carbons (Fsp3) is 0.364. The molecule has 0 radical (unpaired) electrons. The van der Waals surface area contributed by atoms with E-state index in [9.17, 15) is 14.4 Å². The van der Waals surface area contributed by atoms with E-state index in [0.29, 0.717) is 11.9 Å². The van der Waals surface area contributed by atoms with E-state index in [1.54, 1.807) is 19.1 Å². The van der Waals surface area contributed by atoms with Crippen molar-refractivity contribution in [1.29, 1.82) is 0 Å². The molecule has 0 N–H and O–H groups in total. The van der Waals surface area contributed by atoms with E-state index in [0.717, 1.165) is 11.9 Å². The molecule has 4 heteroatoms. The third-order valence-electron chi connectivity index (χ3n) is 2.47. The maximum Gasteiger partial charge on any atom is 0.320 e. The number of rotatable bonds is 4. The lowest BCUT2D eigenvalue weighted by Gasteiger charge is -2.14. The summed E-state index contributed by atoms with van der Waals surface area (Å²) in [4.78, 5) is 32.9. The molecule has 0 aromatic carbocycles. The van der Waals surface area contributed by atoms with Crippen LogP contribution in [0.2, 0.25) is 0 Å². The Bertz CT molecular complexity index is 352. The zero-order chi connectivity index (χ0) is 11.4. The summed E-state index contributed by atoms with van der Waals surface area (Å²) in [5.74, 6) is -2.08. The predicted octanol–water partition coefficient (Wildman–Crippen LogP) is 0.676. The molecule has 0 saturated heterocycles. The van der Waals surface area contributed by atoms with Crippen LogP contribution < -0.4 is 0 Å². The Morgan fingerprint density at radius 3 is 2.60 bits per heavy atom. The third kappa shape index (κ3) is 2.03. The highest BCUT2D eigenvalue weighted by atomic mass is 16.5. The van der Waals surface area contributed by atoms with Crippen molar-refractivity contribution in [1.82, 2.24) is 0 Å². The molecule has 4 nitrogen and oxygen atoms in total. The number of hydrogen-bond donors (Lipinski definition) is 0. The van der Waals surface area contributed by atoms with Gasteiger partial charge in [0, 0.05) is 0 Å². The lowest BCUT2D eigenvalue weighted by molar-refractivity contribution is -0.145. The van der Waals surface area contributed by atoms with Crippen LogP contribution in [0.5, 0.6) is 0 Å². The molecule has 0 aliphatic heterocycles. The fourth-order valence-electron chi connectivity index (χ4n) is 1.58. The predicted molar refractivity (Wildman–Crippen MR) is 53.0 cm³/mol. The molecular weight excluding hydrogens is 196 g/mol. The molecule has 0 bridgehead atoms. The number of methoxy groups -OCH3 is 1. The van der Waals surface area contributed by atoms with E-state index in [1.165, 1.54) is 7.11 Å². The summed E-state index contributed by atoms with van der Waals surface area (Å²) in [5, 5.41) is 0. The molecule has 15 heavy (non-hydrogen) atoms. The lowest BCUT2D eigenvalue weighted by Crippen LogP contribution is -2.24. The fourth-order valence-corrected chi connectivity index (χ4v) is 1.58. The number of ether oxygens (including phenoxy) is 1. The van der Waals surface area contributed by atoms with Crippen molar-refractivity contribution < 1.29 is 19.1 Å². The molecule has 0 aromatic heterocycles. The minimum Gasteiger partial charge on any atom is -0.468 e. The monoisotopic (exact) mass is 208 g/mol. The molecule has 1 aliphatic carbocycles. The molecule has 2 atom stereocenters. The zero-order valence-corrected chi connectivity index (χ0v) is 8.60. The standard InChI is InChI=1S/C11H12O4/c1-7-3-4-8(9(7)5-12)10(6-13)11(14)15-2/h3-6,9-10H,1-2H3. The van der Waals surface area contributed by atoms with Crippen LogP contribution in [0.25, 0.3) is 0 Å². The molecule has 80 valence electrons. The molecule has 2 unspecified atom stereocenters. The van der Waals surface area contributed by atoms with Crippen LogP contribution in [-0.2, 0) is 19.1 Å². The van der Waals surface area contributed by atoms with Crippen molar-refractivity contribution in [3.63, 3.8) is 0 Å². The van der Waals surface area contributed by atoms with Crippen molar-refractivity contribution >= 4 is 18.5 Å². The van der Waals surface area contributed by atoms with Gasteiger partial charge in [-0.15, -0.1) is 0 Å². The second-order valence-corrected chi connectivity index (χ2v) is 3.33. The van der Waals surface area contributed by atoms with Crippen LogP contribution in [0, 0.1) is 11.8 Å². The summed E-state index contributed by atoms with van der Waals surface area (Å²) in [5.41, 5.74) is 1.32. The van der Waals surface area contributed by atoms with Crippen molar-refractivity contribution in [2.75, 3.05) is 7.11 Å². The number of carbonyl (C=O) groups excluding carboxylic acids is 3. The number of allylic oxidation sites excluding steroid dienone is 3. The van der Waals surface area contributed by atoms with Gasteiger partial charge in [-0.2, -0.15) is 0 Å². The van der Waals surface area contributed by atoms with Gasteiger partial charge in [0.1, 0.15) is 18.5 Å². The topological polar surface area (TPSA) is 60.4 Å². The van der Waals surface area contributed by atoms with E-state index in [2.05, 4.69) is 4.74 Å². The number of aldehydes is 2. The third-order valence-corrected chi connectivity index (χ3v) is 2.47. The smallest absolute Gasteiger partial charge is 0.320 e. The summed E-state index contributed by atoms with van der Waals surface area (Å²) in [6.07, 6.45) is 4.59. The van der Waals surface area contributed by atoms with Gasteiger partial charge in [-0.05, 0) is 12.5 Å². The molecule has 0 fully saturated rings. The lowest BCUT2D eigenvalue weighted by atomic mass is 9.89. The minimum absolute atomic E-state index is 0.473. The first-order valence-electron chi connectivity index (χ1n) is 4.52. The van der Waals surface area contributed by atoms with E-state index in [1.807, 2.05) is 0 Å². The second kappa shape index (κ2) is 4.68. The molecule has 0 saturated carbocycles. The summed E-state index contributed by atoms with van der Waals surface area (Å²) < 4.78 is 4.49. The van der Waals surface area contributed by atoms with Crippen LogP contribution in [0.4, 0.5) is 0 Å². The van der Waals surface area contributed by atoms with Crippen molar-refractivity contribution in [3.8, 4) is 0 Å². The second-order valence-electron chi connectivity index (χ2n) is 3.33. The van der Waals surface area contributed by atoms with Crippen molar-refractivity contribution in [3.05, 3.63) is 23.3 Å². The molecule has 1 aliphatic rings. The molecule has 0 amide bonds. The molecule has 1 rings (SSSR count). The maximum atomic E-state index is 11.3. The Labute approximate surface area is 87.6 Å². The quantitative estimate of drug-likeness (QED) is 0.387. The summed E-state index contributed by atoms with van der Waals surface area (Å²) in [7, 11) is 1.21. The van der Waals surface area contributed by atoms with Crippen molar-refractivity contribution in [2.45, 2.75) is 6.92 Å². The van der Waals surface area contributed by atoms with Gasteiger partial charge < -0.3 is 14.3 Å². The minimum atomic E-state index is -0.973. The Morgan fingerprint density at radius 2 is 2.13 bits per heavy atom. The zero-order valence-electron chi connectivity index (χ0n) is 8.60. The van der Waals surface area contributed by atoms with E-state index >= 15 is 0 Å². The van der Waals surface area contributed by atoms with E-state index in [-0.39, 0.29) is 0 Å². The van der Waals surface area contributed by atoms with Gasteiger partial charge in [0.15, 0.2) is 0 Å². The first-order valence-corrected chi connectivity index (χ1v) is 4.52. The Balaban J connectivity index is 2.93. The first-order chi connectivity index (χ1) is 7.15. The average molecular weight is 208 g/mol. The molecule has 0 spiro atoms. The van der Waals surface area contributed by atoms with E-state index in [4.69, 9.17) is 0 Å². The van der Waals surface area contributed by atoms with Gasteiger partial charge in [-0.25, -0.2) is 0 Å². The molecule has 0 heterocycles. The largest absolute Gasteiger partial charge is 0.468 e. The molecule has 0 aromatic rings. The number of hydrogen-bond acceptors (Lipinski definition) is 4. The highest BCUT2D eigenvalue weighted by molar-refractivity contribution is 5.93. The number of carbonyl (C=O) groups is 3. The van der Waals surface area contributed by atoms with Gasteiger partial charge in [0.25, 0.3) is 0 Å².